The van der Waals surface area contributed by atoms with Gasteiger partial charge in [-0.1, -0.05) is 41.0 Å². The molecule has 0 saturated carbocycles. The smallest absolute Gasteiger partial charge is 0.170 e. The van der Waals surface area contributed by atoms with E-state index in [2.05, 4.69) is 10.5 Å². The Labute approximate surface area is 128 Å². The summed E-state index contributed by atoms with van der Waals surface area (Å²) in [5, 5.41) is 15.4. The molecule has 0 radical (unpaired) electrons. The number of hydrogen-bond donors (Lipinski definition) is 3. The van der Waals surface area contributed by atoms with Gasteiger partial charge in [0, 0.05) is 17.1 Å². The lowest BCUT2D eigenvalue weighted by Crippen LogP contribution is -2.13. The highest BCUT2D eigenvalue weighted by Crippen LogP contribution is 2.25. The van der Waals surface area contributed by atoms with Gasteiger partial charge in [0.05, 0.1) is 12.8 Å². The average Bonchev–Trinajstić information content (AvgIpc) is 2.53. The number of hydrogen-bond acceptors (Lipinski definition) is 4. The van der Waals surface area contributed by atoms with Gasteiger partial charge in [0.1, 0.15) is 5.75 Å². The van der Waals surface area contributed by atoms with Gasteiger partial charge in [-0.15, -0.1) is 0 Å². The summed E-state index contributed by atoms with van der Waals surface area (Å²) in [4.78, 5) is 0. The lowest BCUT2D eigenvalue weighted by atomic mass is 10.1. The van der Waals surface area contributed by atoms with Crippen molar-refractivity contribution in [2.24, 2.45) is 10.9 Å². The number of nitrogens with one attached hydrogen (secondary N) is 1. The third-order valence-electron chi connectivity index (χ3n) is 3.03. The zero-order valence-electron chi connectivity index (χ0n) is 11.5. The van der Waals surface area contributed by atoms with E-state index in [0.717, 1.165) is 17.0 Å². The van der Waals surface area contributed by atoms with Crippen molar-refractivity contribution in [3.8, 4) is 5.75 Å². The fourth-order valence-electron chi connectivity index (χ4n) is 1.89. The Morgan fingerprint density at radius 1 is 1.33 bits per heavy atom. The summed E-state index contributed by atoms with van der Waals surface area (Å²) >= 11 is 6.21. The van der Waals surface area contributed by atoms with E-state index in [1.54, 1.807) is 19.2 Å². The number of nitrogens with two attached hydrogens (primary N) is 1. The van der Waals surface area contributed by atoms with E-state index >= 15 is 0 Å². The Morgan fingerprint density at radius 3 is 2.76 bits per heavy atom. The lowest BCUT2D eigenvalue weighted by Gasteiger charge is -2.12. The molecule has 0 saturated heterocycles. The third kappa shape index (κ3) is 3.58. The summed E-state index contributed by atoms with van der Waals surface area (Å²) in [5.74, 6) is 0.794. The SMILES string of the molecule is COc1ccccc1NCc1ccc(/C(N)=N/O)cc1Cl. The molecule has 2 rings (SSSR count). The summed E-state index contributed by atoms with van der Waals surface area (Å²) in [6.07, 6.45) is 0. The molecule has 0 aromatic heterocycles. The van der Waals surface area contributed by atoms with Gasteiger partial charge >= 0.3 is 0 Å². The molecular weight excluding hydrogens is 290 g/mol. The second kappa shape index (κ2) is 6.85. The van der Waals surface area contributed by atoms with Gasteiger partial charge in [-0.05, 0) is 23.8 Å². The lowest BCUT2D eigenvalue weighted by molar-refractivity contribution is 0.318. The first-order valence-electron chi connectivity index (χ1n) is 6.29. The van der Waals surface area contributed by atoms with Gasteiger partial charge in [-0.25, -0.2) is 0 Å². The fraction of sp³-hybridized carbons (Fsp3) is 0.133. The van der Waals surface area contributed by atoms with Gasteiger partial charge in [-0.3, -0.25) is 0 Å². The third-order valence-corrected chi connectivity index (χ3v) is 3.38. The molecule has 0 unspecified atom stereocenters. The molecule has 0 amide bonds. The Kier molecular flexibility index (Phi) is 4.90. The molecule has 4 N–H and O–H groups in total. The molecule has 0 aliphatic heterocycles. The molecule has 0 bridgehead atoms. The van der Waals surface area contributed by atoms with Crippen LogP contribution < -0.4 is 15.8 Å². The summed E-state index contributed by atoms with van der Waals surface area (Å²) < 4.78 is 5.27. The maximum absolute atomic E-state index is 8.65. The van der Waals surface area contributed by atoms with Crippen molar-refractivity contribution in [3.63, 3.8) is 0 Å². The van der Waals surface area contributed by atoms with Crippen molar-refractivity contribution in [3.05, 3.63) is 58.6 Å². The van der Waals surface area contributed by atoms with Crippen molar-refractivity contribution in [2.75, 3.05) is 12.4 Å². The molecule has 0 heterocycles. The first kappa shape index (κ1) is 15.0. The Balaban J connectivity index is 2.14. The summed E-state index contributed by atoms with van der Waals surface area (Å²) in [6, 6.07) is 12.9. The van der Waals surface area contributed by atoms with Gasteiger partial charge < -0.3 is 21.0 Å². The van der Waals surface area contributed by atoms with Crippen LogP contribution in [0.5, 0.6) is 5.75 Å². The Bertz CT molecular complexity index is 659. The van der Waals surface area contributed by atoms with Crippen molar-refractivity contribution in [1.29, 1.82) is 0 Å². The van der Waals surface area contributed by atoms with E-state index in [-0.39, 0.29) is 5.84 Å². The van der Waals surface area contributed by atoms with Crippen LogP contribution in [0.3, 0.4) is 0 Å². The highest BCUT2D eigenvalue weighted by Gasteiger charge is 2.06. The average molecular weight is 306 g/mol. The van der Waals surface area contributed by atoms with Crippen molar-refractivity contribution in [2.45, 2.75) is 6.54 Å². The quantitative estimate of drug-likeness (QED) is 0.343. The van der Waals surface area contributed by atoms with Crippen LogP contribution in [0.15, 0.2) is 47.6 Å². The van der Waals surface area contributed by atoms with Crippen LogP contribution in [-0.2, 0) is 6.54 Å². The second-order valence-corrected chi connectivity index (χ2v) is 4.75. The van der Waals surface area contributed by atoms with Crippen LogP contribution in [0.25, 0.3) is 0 Å². The number of halogens is 1. The van der Waals surface area contributed by atoms with Crippen molar-refractivity contribution >= 4 is 23.1 Å². The molecule has 21 heavy (non-hydrogen) atoms. The van der Waals surface area contributed by atoms with Gasteiger partial charge in [0.2, 0.25) is 0 Å². The van der Waals surface area contributed by atoms with Crippen LogP contribution in [0.2, 0.25) is 5.02 Å². The number of amidine groups is 1. The standard InChI is InChI=1S/C15H16ClN3O2/c1-21-14-5-3-2-4-13(14)18-9-11-7-6-10(8-12(11)16)15(17)19-20/h2-8,18,20H,9H2,1H3,(H2,17,19). The maximum Gasteiger partial charge on any atom is 0.170 e. The molecule has 0 aliphatic carbocycles. The van der Waals surface area contributed by atoms with Crippen LogP contribution in [0.1, 0.15) is 11.1 Å². The van der Waals surface area contributed by atoms with Crippen LogP contribution in [0, 0.1) is 0 Å². The van der Waals surface area contributed by atoms with Crippen molar-refractivity contribution < 1.29 is 9.94 Å². The van der Waals surface area contributed by atoms with Crippen LogP contribution >= 0.6 is 11.6 Å². The van der Waals surface area contributed by atoms with Gasteiger partial charge in [0.15, 0.2) is 5.84 Å². The van der Waals surface area contributed by atoms with Crippen molar-refractivity contribution in [1.82, 2.24) is 0 Å². The van der Waals surface area contributed by atoms with Crippen LogP contribution in [0.4, 0.5) is 5.69 Å². The van der Waals surface area contributed by atoms with E-state index in [1.807, 2.05) is 30.3 Å². The summed E-state index contributed by atoms with van der Waals surface area (Å²) in [6.45, 7) is 0.537. The number of oxime groups is 1. The molecule has 0 aliphatic rings. The minimum Gasteiger partial charge on any atom is -0.495 e. The summed E-state index contributed by atoms with van der Waals surface area (Å²) in [5.41, 5.74) is 7.88. The molecule has 6 heteroatoms. The highest BCUT2D eigenvalue weighted by molar-refractivity contribution is 6.31. The molecule has 5 nitrogen and oxygen atoms in total. The largest absolute Gasteiger partial charge is 0.495 e. The van der Waals surface area contributed by atoms with E-state index in [1.165, 1.54) is 0 Å². The maximum atomic E-state index is 8.65. The number of nitrogens with zero attached hydrogens (tertiary/aromatic N) is 1. The number of para-hydroxylation sites is 2. The predicted molar refractivity (Wildman–Crippen MR) is 84.3 cm³/mol. The number of ether oxygens (including phenoxy) is 1. The number of anilines is 1. The predicted octanol–water partition coefficient (Wildman–Crippen LogP) is 3.06. The Hall–Kier alpha value is -2.40. The molecule has 0 spiro atoms. The monoisotopic (exact) mass is 305 g/mol. The molecule has 110 valence electrons. The zero-order valence-corrected chi connectivity index (χ0v) is 12.3. The van der Waals surface area contributed by atoms with E-state index in [0.29, 0.717) is 17.1 Å². The molecular formula is C15H16ClN3O2. The van der Waals surface area contributed by atoms with Crippen LogP contribution in [-0.4, -0.2) is 18.2 Å². The highest BCUT2D eigenvalue weighted by atomic mass is 35.5. The first-order valence-corrected chi connectivity index (χ1v) is 6.66. The van der Waals surface area contributed by atoms with Gasteiger partial charge in [-0.2, -0.15) is 0 Å². The second-order valence-electron chi connectivity index (χ2n) is 4.35. The van der Waals surface area contributed by atoms with E-state index in [9.17, 15) is 0 Å². The van der Waals surface area contributed by atoms with E-state index < -0.39 is 0 Å². The fourth-order valence-corrected chi connectivity index (χ4v) is 2.14. The number of rotatable bonds is 5. The minimum absolute atomic E-state index is 0.0288. The van der Waals surface area contributed by atoms with E-state index in [4.69, 9.17) is 27.3 Å². The first-order chi connectivity index (χ1) is 10.2. The minimum atomic E-state index is 0.0288. The number of benzene rings is 2. The molecule has 0 atom stereocenters. The van der Waals surface area contributed by atoms with Gasteiger partial charge in [0.25, 0.3) is 0 Å². The normalized spacial score (nSPS) is 11.2. The summed E-state index contributed by atoms with van der Waals surface area (Å²) in [7, 11) is 1.62. The topological polar surface area (TPSA) is 79.9 Å². The Morgan fingerprint density at radius 2 is 2.10 bits per heavy atom. The number of methoxy groups -OCH3 is 1. The molecule has 2 aromatic carbocycles. The molecule has 2 aromatic rings. The molecule has 0 fully saturated rings. The zero-order chi connectivity index (χ0) is 15.2.